The molecular weight excluding hydrogens is 319 g/mol. The van der Waals surface area contributed by atoms with E-state index in [9.17, 15) is 4.39 Å². The minimum Gasteiger partial charge on any atom is -0.342 e. The summed E-state index contributed by atoms with van der Waals surface area (Å²) in [5.74, 6) is -0.425. The van der Waals surface area contributed by atoms with Crippen molar-refractivity contribution in [1.82, 2.24) is 0 Å². The molecule has 0 bridgehead atoms. The fourth-order valence-corrected chi connectivity index (χ4v) is 2.59. The van der Waals surface area contributed by atoms with Crippen LogP contribution in [0.15, 0.2) is 34.8 Å². The van der Waals surface area contributed by atoms with Crippen LogP contribution in [-0.2, 0) is 0 Å². The SMILES string of the molecule is Cc1cc(C)cc(N(C)c2ccc(C#N)c(Br)c2F)c1. The van der Waals surface area contributed by atoms with Crippen molar-refractivity contribution in [1.29, 1.82) is 5.26 Å². The predicted molar refractivity (Wildman–Crippen MR) is 82.8 cm³/mol. The number of nitrogens with zero attached hydrogens (tertiary/aromatic N) is 2. The number of hydrogen-bond donors (Lipinski definition) is 0. The monoisotopic (exact) mass is 332 g/mol. The Bertz CT molecular complexity index is 684. The highest BCUT2D eigenvalue weighted by Crippen LogP contribution is 2.33. The Balaban J connectivity index is 2.51. The molecule has 0 fully saturated rings. The topological polar surface area (TPSA) is 27.0 Å². The zero-order valence-corrected chi connectivity index (χ0v) is 13.1. The van der Waals surface area contributed by atoms with Gasteiger partial charge in [-0.05, 0) is 65.2 Å². The van der Waals surface area contributed by atoms with Gasteiger partial charge in [-0.3, -0.25) is 0 Å². The smallest absolute Gasteiger partial charge is 0.162 e. The standard InChI is InChI=1S/C16H14BrFN2/c1-10-6-11(2)8-13(7-10)20(3)14-5-4-12(9-19)15(17)16(14)18/h4-8H,1-3H3. The molecular formula is C16H14BrFN2. The molecule has 0 aromatic heterocycles. The lowest BCUT2D eigenvalue weighted by Crippen LogP contribution is -2.12. The first-order valence-electron chi connectivity index (χ1n) is 6.14. The molecule has 2 aromatic carbocycles. The van der Waals surface area contributed by atoms with E-state index in [4.69, 9.17) is 5.26 Å². The van der Waals surface area contributed by atoms with Crippen molar-refractivity contribution in [3.63, 3.8) is 0 Å². The average Bonchev–Trinajstić information content (AvgIpc) is 2.40. The number of aryl methyl sites for hydroxylation is 2. The minimum absolute atomic E-state index is 0.203. The summed E-state index contributed by atoms with van der Waals surface area (Å²) in [6.07, 6.45) is 0. The lowest BCUT2D eigenvalue weighted by atomic mass is 10.1. The van der Waals surface area contributed by atoms with Crippen LogP contribution in [0.2, 0.25) is 0 Å². The number of nitriles is 1. The molecule has 102 valence electrons. The van der Waals surface area contributed by atoms with Crippen LogP contribution in [0.3, 0.4) is 0 Å². The van der Waals surface area contributed by atoms with Gasteiger partial charge >= 0.3 is 0 Å². The van der Waals surface area contributed by atoms with E-state index in [0.717, 1.165) is 16.8 Å². The van der Waals surface area contributed by atoms with Crippen molar-refractivity contribution in [3.8, 4) is 6.07 Å². The fraction of sp³-hybridized carbons (Fsp3) is 0.188. The molecule has 0 aliphatic heterocycles. The zero-order chi connectivity index (χ0) is 14.9. The summed E-state index contributed by atoms with van der Waals surface area (Å²) in [4.78, 5) is 1.78. The van der Waals surface area contributed by atoms with E-state index >= 15 is 0 Å². The summed E-state index contributed by atoms with van der Waals surface area (Å²) in [5.41, 5.74) is 3.89. The van der Waals surface area contributed by atoms with Gasteiger partial charge < -0.3 is 4.90 Å². The van der Waals surface area contributed by atoms with Gasteiger partial charge in [-0.2, -0.15) is 5.26 Å². The van der Waals surface area contributed by atoms with Crippen molar-refractivity contribution in [3.05, 3.63) is 57.3 Å². The number of benzene rings is 2. The van der Waals surface area contributed by atoms with Gasteiger partial charge in [-0.25, -0.2) is 4.39 Å². The Hall–Kier alpha value is -1.86. The molecule has 0 aliphatic carbocycles. The molecule has 20 heavy (non-hydrogen) atoms. The molecule has 2 rings (SSSR count). The Morgan fingerprint density at radius 3 is 2.30 bits per heavy atom. The molecule has 0 radical (unpaired) electrons. The van der Waals surface area contributed by atoms with Crippen molar-refractivity contribution in [2.45, 2.75) is 13.8 Å². The van der Waals surface area contributed by atoms with E-state index in [1.54, 1.807) is 17.0 Å². The third-order valence-electron chi connectivity index (χ3n) is 3.14. The molecule has 0 N–H and O–H groups in total. The summed E-state index contributed by atoms with van der Waals surface area (Å²) < 4.78 is 14.5. The Morgan fingerprint density at radius 2 is 1.75 bits per heavy atom. The molecule has 0 unspecified atom stereocenters. The number of halogens is 2. The molecule has 2 nitrogen and oxygen atoms in total. The largest absolute Gasteiger partial charge is 0.342 e. The maximum absolute atomic E-state index is 14.3. The van der Waals surface area contributed by atoms with Crippen LogP contribution in [0.1, 0.15) is 16.7 Å². The second kappa shape index (κ2) is 5.64. The molecule has 0 heterocycles. The predicted octanol–water partition coefficient (Wildman–Crippen LogP) is 4.84. The molecule has 4 heteroatoms. The van der Waals surface area contributed by atoms with Crippen LogP contribution in [0.4, 0.5) is 15.8 Å². The number of rotatable bonds is 2. The average molecular weight is 333 g/mol. The quantitative estimate of drug-likeness (QED) is 0.786. The first kappa shape index (κ1) is 14.5. The summed E-state index contributed by atoms with van der Waals surface area (Å²) >= 11 is 3.14. The first-order valence-corrected chi connectivity index (χ1v) is 6.93. The van der Waals surface area contributed by atoms with Crippen LogP contribution < -0.4 is 4.90 Å². The van der Waals surface area contributed by atoms with Gasteiger partial charge in [0, 0.05) is 12.7 Å². The highest BCUT2D eigenvalue weighted by Gasteiger charge is 2.15. The molecule has 0 saturated heterocycles. The van der Waals surface area contributed by atoms with E-state index in [2.05, 4.69) is 22.0 Å². The van der Waals surface area contributed by atoms with E-state index in [0.29, 0.717) is 11.3 Å². The first-order chi connectivity index (χ1) is 9.43. The van der Waals surface area contributed by atoms with Gasteiger partial charge in [0.2, 0.25) is 0 Å². The van der Waals surface area contributed by atoms with Crippen LogP contribution in [0.25, 0.3) is 0 Å². The van der Waals surface area contributed by atoms with Gasteiger partial charge in [0.25, 0.3) is 0 Å². The van der Waals surface area contributed by atoms with E-state index in [-0.39, 0.29) is 4.47 Å². The van der Waals surface area contributed by atoms with Crippen molar-refractivity contribution < 1.29 is 4.39 Å². The van der Waals surface area contributed by atoms with Crippen LogP contribution in [0, 0.1) is 31.0 Å². The molecule has 0 aliphatic rings. The van der Waals surface area contributed by atoms with Gasteiger partial charge in [-0.15, -0.1) is 0 Å². The van der Waals surface area contributed by atoms with Gasteiger partial charge in [0.15, 0.2) is 5.82 Å². The maximum Gasteiger partial charge on any atom is 0.162 e. The highest BCUT2D eigenvalue weighted by molar-refractivity contribution is 9.10. The summed E-state index contributed by atoms with van der Waals surface area (Å²) in [6, 6.07) is 11.3. The molecule has 0 spiro atoms. The second-order valence-electron chi connectivity index (χ2n) is 4.78. The Morgan fingerprint density at radius 1 is 1.15 bits per heavy atom. The maximum atomic E-state index is 14.3. The third-order valence-corrected chi connectivity index (χ3v) is 3.91. The second-order valence-corrected chi connectivity index (χ2v) is 5.57. The van der Waals surface area contributed by atoms with Crippen molar-refractivity contribution in [2.75, 3.05) is 11.9 Å². The summed E-state index contributed by atoms with van der Waals surface area (Å²) in [5, 5.41) is 8.90. The van der Waals surface area contributed by atoms with Gasteiger partial charge in [-0.1, -0.05) is 6.07 Å². The zero-order valence-electron chi connectivity index (χ0n) is 11.5. The minimum atomic E-state index is -0.425. The van der Waals surface area contributed by atoms with E-state index in [1.165, 1.54) is 0 Å². The van der Waals surface area contributed by atoms with Crippen LogP contribution in [0.5, 0.6) is 0 Å². The van der Waals surface area contributed by atoms with E-state index < -0.39 is 5.82 Å². The number of hydrogen-bond acceptors (Lipinski definition) is 2. The third kappa shape index (κ3) is 2.68. The lowest BCUT2D eigenvalue weighted by molar-refractivity contribution is 0.620. The Kier molecular flexibility index (Phi) is 4.10. The lowest BCUT2D eigenvalue weighted by Gasteiger charge is -2.22. The van der Waals surface area contributed by atoms with Gasteiger partial charge in [0.1, 0.15) is 6.07 Å². The van der Waals surface area contributed by atoms with Crippen molar-refractivity contribution in [2.24, 2.45) is 0 Å². The van der Waals surface area contributed by atoms with E-state index in [1.807, 2.05) is 39.1 Å². The summed E-state index contributed by atoms with van der Waals surface area (Å²) in [7, 11) is 1.81. The van der Waals surface area contributed by atoms with Crippen molar-refractivity contribution >= 4 is 27.3 Å². The summed E-state index contributed by atoms with van der Waals surface area (Å²) in [6.45, 7) is 4.02. The Labute approximate surface area is 126 Å². The van der Waals surface area contributed by atoms with Crippen LogP contribution >= 0.6 is 15.9 Å². The highest BCUT2D eigenvalue weighted by atomic mass is 79.9. The molecule has 0 amide bonds. The fourth-order valence-electron chi connectivity index (χ4n) is 2.17. The number of anilines is 2. The van der Waals surface area contributed by atoms with Gasteiger partial charge in [0.05, 0.1) is 15.7 Å². The molecule has 0 atom stereocenters. The normalized spacial score (nSPS) is 10.2. The molecule has 2 aromatic rings. The molecule has 0 saturated carbocycles. The van der Waals surface area contributed by atoms with Crippen LogP contribution in [-0.4, -0.2) is 7.05 Å².